The molecule has 14 heavy (non-hydrogen) atoms. The normalized spacial score (nSPS) is 9.57. The van der Waals surface area contributed by atoms with E-state index < -0.39 is 12.1 Å². The Bertz CT molecular complexity index is 186. The van der Waals surface area contributed by atoms with Gasteiger partial charge in [-0.05, 0) is 12.8 Å². The molecule has 8 heteroatoms. The average molecular weight is 203 g/mol. The fraction of sp³-hybridized carbons (Fsp3) is 0.500. The number of nitrogens with zero attached hydrogens (tertiary/aromatic N) is 2. The van der Waals surface area contributed by atoms with Crippen molar-refractivity contribution in [3.8, 4) is 0 Å². The number of urea groups is 2. The number of carbonyl (C=O) groups is 2. The third kappa shape index (κ3) is 5.17. The fourth-order valence-electron chi connectivity index (χ4n) is 0.692. The average Bonchev–Trinajstić information content (AvgIpc) is 2.11. The Morgan fingerprint density at radius 1 is 1.14 bits per heavy atom. The van der Waals surface area contributed by atoms with E-state index in [1.54, 1.807) is 0 Å². The van der Waals surface area contributed by atoms with Gasteiger partial charge in [0.05, 0.1) is 6.54 Å². The molecule has 0 rings (SSSR count). The Morgan fingerprint density at radius 3 is 2.14 bits per heavy atom. The standard InChI is InChI=1S/C6H15N6O2/c7-5(13)11(9)3-1-2-4-12(10)6(8)14/h3H,1-2,4,9-10H2,(H2,7,13)(H2,8,14). The van der Waals surface area contributed by atoms with Gasteiger partial charge in [-0.15, -0.1) is 0 Å². The predicted molar refractivity (Wildman–Crippen MR) is 49.6 cm³/mol. The molecule has 81 valence electrons. The summed E-state index contributed by atoms with van der Waals surface area (Å²) in [7, 11) is 0. The van der Waals surface area contributed by atoms with Crippen molar-refractivity contribution >= 4 is 12.1 Å². The molecule has 0 aliphatic carbocycles. The van der Waals surface area contributed by atoms with Crippen molar-refractivity contribution in [1.82, 2.24) is 10.0 Å². The highest BCUT2D eigenvalue weighted by molar-refractivity contribution is 5.72. The number of nitrogens with two attached hydrogens (primary N) is 4. The monoisotopic (exact) mass is 203 g/mol. The molecule has 0 saturated carbocycles. The van der Waals surface area contributed by atoms with Gasteiger partial charge in [-0.3, -0.25) is 10.0 Å². The van der Waals surface area contributed by atoms with Crippen LogP contribution in [0.5, 0.6) is 0 Å². The lowest BCUT2D eigenvalue weighted by atomic mass is 10.3. The zero-order valence-electron chi connectivity index (χ0n) is 7.72. The summed E-state index contributed by atoms with van der Waals surface area (Å²) in [5, 5.41) is 1.64. The third-order valence-electron chi connectivity index (χ3n) is 1.47. The molecule has 1 radical (unpaired) electrons. The fourth-order valence-corrected chi connectivity index (χ4v) is 0.692. The summed E-state index contributed by atoms with van der Waals surface area (Å²) >= 11 is 0. The van der Waals surface area contributed by atoms with Gasteiger partial charge in [0.15, 0.2) is 0 Å². The molecule has 0 spiro atoms. The lowest BCUT2D eigenvalue weighted by Gasteiger charge is -2.15. The van der Waals surface area contributed by atoms with E-state index in [0.29, 0.717) is 19.4 Å². The molecule has 0 fully saturated rings. The smallest absolute Gasteiger partial charge is 0.329 e. The lowest BCUT2D eigenvalue weighted by molar-refractivity contribution is 0.205. The van der Waals surface area contributed by atoms with E-state index in [0.717, 1.165) is 10.0 Å². The molecule has 0 aromatic rings. The predicted octanol–water partition coefficient (Wildman–Crippen LogP) is -1.56. The van der Waals surface area contributed by atoms with Crippen molar-refractivity contribution in [2.45, 2.75) is 12.8 Å². The summed E-state index contributed by atoms with van der Waals surface area (Å²) in [5.74, 6) is 10.4. The molecule has 0 aliphatic rings. The first-order valence-electron chi connectivity index (χ1n) is 3.93. The maximum atomic E-state index is 10.4. The van der Waals surface area contributed by atoms with E-state index in [1.165, 1.54) is 6.54 Å². The number of hydrazine groups is 2. The highest BCUT2D eigenvalue weighted by atomic mass is 16.2. The van der Waals surface area contributed by atoms with Crippen LogP contribution in [0.25, 0.3) is 0 Å². The van der Waals surface area contributed by atoms with Crippen LogP contribution in [0.1, 0.15) is 12.8 Å². The van der Waals surface area contributed by atoms with E-state index >= 15 is 0 Å². The van der Waals surface area contributed by atoms with E-state index in [2.05, 4.69) is 0 Å². The van der Waals surface area contributed by atoms with Crippen molar-refractivity contribution in [1.29, 1.82) is 0 Å². The number of hydrogen-bond donors (Lipinski definition) is 4. The van der Waals surface area contributed by atoms with Gasteiger partial charge in [0, 0.05) is 6.54 Å². The second-order valence-corrected chi connectivity index (χ2v) is 2.60. The Balaban J connectivity index is 3.47. The molecule has 0 atom stereocenters. The van der Waals surface area contributed by atoms with Crippen LogP contribution >= 0.6 is 0 Å². The van der Waals surface area contributed by atoms with Crippen molar-refractivity contribution in [3.05, 3.63) is 6.54 Å². The summed E-state index contributed by atoms with van der Waals surface area (Å²) in [6.07, 6.45) is 1.01. The second-order valence-electron chi connectivity index (χ2n) is 2.60. The Labute approximate surface area is 81.7 Å². The van der Waals surface area contributed by atoms with Crippen molar-refractivity contribution in [2.24, 2.45) is 23.2 Å². The molecule has 0 aromatic heterocycles. The number of primary amides is 2. The topological polar surface area (TPSA) is 145 Å². The van der Waals surface area contributed by atoms with Crippen LogP contribution in [0.2, 0.25) is 0 Å². The summed E-state index contributed by atoms with van der Waals surface area (Å²) in [4.78, 5) is 20.9. The number of hydrogen-bond acceptors (Lipinski definition) is 4. The van der Waals surface area contributed by atoms with Crippen molar-refractivity contribution < 1.29 is 9.59 Å². The summed E-state index contributed by atoms with van der Waals surface area (Å²) in [5.41, 5.74) is 9.72. The molecule has 4 amide bonds. The maximum absolute atomic E-state index is 10.4. The summed E-state index contributed by atoms with van der Waals surface area (Å²) in [6.45, 7) is 1.69. The minimum absolute atomic E-state index is 0.290. The molecule has 0 aliphatic heterocycles. The number of unbranched alkanes of at least 4 members (excludes halogenated alkanes) is 1. The van der Waals surface area contributed by atoms with E-state index in [4.69, 9.17) is 23.2 Å². The highest BCUT2D eigenvalue weighted by Gasteiger charge is 2.05. The van der Waals surface area contributed by atoms with Gasteiger partial charge >= 0.3 is 12.1 Å². The molecular formula is C6H15N6O2. The number of rotatable bonds is 5. The van der Waals surface area contributed by atoms with Gasteiger partial charge in [-0.2, -0.15) is 0 Å². The quantitative estimate of drug-likeness (QED) is 0.185. The molecular weight excluding hydrogens is 188 g/mol. The zero-order valence-corrected chi connectivity index (χ0v) is 7.72. The summed E-state index contributed by atoms with van der Waals surface area (Å²) < 4.78 is 0. The third-order valence-corrected chi connectivity index (χ3v) is 1.47. The largest absolute Gasteiger partial charge is 0.350 e. The molecule has 0 bridgehead atoms. The van der Waals surface area contributed by atoms with Gasteiger partial charge in [0.25, 0.3) is 0 Å². The molecule has 0 saturated heterocycles. The zero-order chi connectivity index (χ0) is 11.1. The Morgan fingerprint density at radius 2 is 1.71 bits per heavy atom. The van der Waals surface area contributed by atoms with Gasteiger partial charge in [0.2, 0.25) is 0 Å². The number of amides is 4. The minimum atomic E-state index is -0.746. The first-order valence-corrected chi connectivity index (χ1v) is 3.93. The summed E-state index contributed by atoms with van der Waals surface area (Å²) in [6, 6.07) is -1.45. The first kappa shape index (κ1) is 12.5. The van der Waals surface area contributed by atoms with Crippen LogP contribution in [0.4, 0.5) is 9.59 Å². The Hall–Kier alpha value is -1.54. The van der Waals surface area contributed by atoms with Crippen LogP contribution < -0.4 is 23.2 Å². The van der Waals surface area contributed by atoms with Crippen molar-refractivity contribution in [3.63, 3.8) is 0 Å². The molecule has 0 heterocycles. The second kappa shape index (κ2) is 6.00. The van der Waals surface area contributed by atoms with Gasteiger partial charge in [0.1, 0.15) is 0 Å². The van der Waals surface area contributed by atoms with Crippen LogP contribution in [0.15, 0.2) is 0 Å². The molecule has 0 aromatic carbocycles. The van der Waals surface area contributed by atoms with Crippen LogP contribution in [-0.2, 0) is 0 Å². The minimum Gasteiger partial charge on any atom is -0.350 e. The van der Waals surface area contributed by atoms with Gasteiger partial charge in [-0.25, -0.2) is 21.3 Å². The maximum Gasteiger partial charge on any atom is 0.329 e. The van der Waals surface area contributed by atoms with Crippen LogP contribution in [0.3, 0.4) is 0 Å². The highest BCUT2D eigenvalue weighted by Crippen LogP contribution is 1.97. The van der Waals surface area contributed by atoms with E-state index in [-0.39, 0.29) is 0 Å². The lowest BCUT2D eigenvalue weighted by Crippen LogP contribution is -2.42. The van der Waals surface area contributed by atoms with Gasteiger partial charge < -0.3 is 11.5 Å². The van der Waals surface area contributed by atoms with Crippen LogP contribution in [0, 0.1) is 6.54 Å². The van der Waals surface area contributed by atoms with Crippen LogP contribution in [-0.4, -0.2) is 28.6 Å². The first-order chi connectivity index (χ1) is 6.45. The molecule has 8 nitrogen and oxygen atoms in total. The Kier molecular flexibility index (Phi) is 5.34. The molecule has 0 unspecified atom stereocenters. The van der Waals surface area contributed by atoms with E-state index in [1.807, 2.05) is 0 Å². The SMILES string of the molecule is NC(=O)N(N)[CH]CCCN(N)C(N)=O. The van der Waals surface area contributed by atoms with E-state index in [9.17, 15) is 9.59 Å². The van der Waals surface area contributed by atoms with Crippen molar-refractivity contribution in [2.75, 3.05) is 6.54 Å². The number of carbonyl (C=O) groups excluding carboxylic acids is 2. The van der Waals surface area contributed by atoms with Gasteiger partial charge in [-0.1, -0.05) is 0 Å². The molecule has 8 N–H and O–H groups in total.